The summed E-state index contributed by atoms with van der Waals surface area (Å²) in [6.45, 7) is 4.44. The zero-order valence-electron chi connectivity index (χ0n) is 16.9. The van der Waals surface area contributed by atoms with Crippen molar-refractivity contribution in [1.29, 1.82) is 0 Å². The van der Waals surface area contributed by atoms with Crippen LogP contribution in [0.1, 0.15) is 35.8 Å². The number of nitrogens with zero attached hydrogens (tertiary/aromatic N) is 4. The first kappa shape index (κ1) is 19.6. The van der Waals surface area contributed by atoms with Gasteiger partial charge in [0.1, 0.15) is 11.4 Å². The van der Waals surface area contributed by atoms with Gasteiger partial charge in [-0.2, -0.15) is 0 Å². The third-order valence-electron chi connectivity index (χ3n) is 6.16. The van der Waals surface area contributed by atoms with E-state index in [1.165, 1.54) is 6.92 Å². The highest BCUT2D eigenvalue weighted by atomic mass is 16.5. The van der Waals surface area contributed by atoms with E-state index in [2.05, 4.69) is 20.5 Å². The minimum absolute atomic E-state index is 0.0123. The lowest BCUT2D eigenvalue weighted by atomic mass is 9.75. The van der Waals surface area contributed by atoms with Crippen molar-refractivity contribution in [2.24, 2.45) is 11.8 Å². The Morgan fingerprint density at radius 2 is 2.14 bits per heavy atom. The third-order valence-corrected chi connectivity index (χ3v) is 6.16. The van der Waals surface area contributed by atoms with Crippen LogP contribution in [0.15, 0.2) is 30.5 Å². The van der Waals surface area contributed by atoms with Gasteiger partial charge in [-0.1, -0.05) is 23.4 Å². The van der Waals surface area contributed by atoms with Crippen LogP contribution in [0.5, 0.6) is 5.75 Å². The summed E-state index contributed by atoms with van der Waals surface area (Å²) in [6, 6.07) is 8.08. The van der Waals surface area contributed by atoms with E-state index in [0.29, 0.717) is 30.7 Å². The number of nitrogens with one attached hydrogen (secondary N) is 1. The maximum absolute atomic E-state index is 12.9. The second-order valence-corrected chi connectivity index (χ2v) is 7.95. The third kappa shape index (κ3) is 4.17. The Morgan fingerprint density at radius 3 is 2.83 bits per heavy atom. The predicted molar refractivity (Wildman–Crippen MR) is 106 cm³/mol. The van der Waals surface area contributed by atoms with Crippen molar-refractivity contribution in [1.82, 2.24) is 25.2 Å². The van der Waals surface area contributed by atoms with E-state index in [9.17, 15) is 9.59 Å². The van der Waals surface area contributed by atoms with Gasteiger partial charge in [0.25, 0.3) is 0 Å². The molecule has 1 amide bonds. The summed E-state index contributed by atoms with van der Waals surface area (Å²) in [4.78, 5) is 26.7. The number of ether oxygens (including phenoxy) is 1. The normalized spacial score (nSPS) is 25.6. The zero-order valence-corrected chi connectivity index (χ0v) is 16.9. The lowest BCUT2D eigenvalue weighted by Crippen LogP contribution is -2.58. The molecule has 0 aliphatic carbocycles. The largest absolute Gasteiger partial charge is 0.496 e. The van der Waals surface area contributed by atoms with E-state index >= 15 is 0 Å². The highest BCUT2D eigenvalue weighted by Gasteiger charge is 2.43. The van der Waals surface area contributed by atoms with E-state index in [1.54, 1.807) is 18.0 Å². The summed E-state index contributed by atoms with van der Waals surface area (Å²) in [5.41, 5.74) is 1.38. The number of hydrogen-bond donors (Lipinski definition) is 1. The van der Waals surface area contributed by atoms with Crippen LogP contribution in [0.3, 0.4) is 0 Å². The second-order valence-electron chi connectivity index (χ2n) is 7.95. The van der Waals surface area contributed by atoms with Crippen LogP contribution in [0, 0.1) is 11.8 Å². The fourth-order valence-electron chi connectivity index (χ4n) is 4.55. The molecule has 3 fully saturated rings. The van der Waals surface area contributed by atoms with Crippen LogP contribution in [-0.2, 0) is 17.9 Å². The van der Waals surface area contributed by atoms with Crippen LogP contribution in [0.4, 0.5) is 0 Å². The summed E-state index contributed by atoms with van der Waals surface area (Å²) >= 11 is 0. The molecule has 3 aliphatic rings. The number of amides is 1. The number of aromatic nitrogens is 3. The minimum Gasteiger partial charge on any atom is -0.496 e. The highest BCUT2D eigenvalue weighted by Crippen LogP contribution is 2.37. The van der Waals surface area contributed by atoms with Gasteiger partial charge < -0.3 is 10.1 Å². The number of carbonyl (C=O) groups excluding carboxylic acids is 2. The molecule has 1 unspecified atom stereocenters. The molecule has 154 valence electrons. The molecule has 29 heavy (non-hydrogen) atoms. The average Bonchev–Trinajstić information content (AvgIpc) is 3.21. The SMILES string of the molecule is COc1ccccc1CNC(=O)[C@H]1CN2CC[C@H]1C[C@@H]2Cn1cc(C(C)=O)nn1. The molecule has 8 heteroatoms. The smallest absolute Gasteiger partial charge is 0.224 e. The number of Topliss-reactive ketones (excluding diaryl/α,β-unsaturated/α-hetero) is 1. The van der Waals surface area contributed by atoms with Gasteiger partial charge in [0.05, 0.1) is 25.8 Å². The molecule has 2 aromatic rings. The molecule has 2 bridgehead atoms. The lowest BCUT2D eigenvalue weighted by molar-refractivity contribution is -0.133. The Bertz CT molecular complexity index is 896. The van der Waals surface area contributed by atoms with E-state index in [4.69, 9.17) is 4.74 Å². The van der Waals surface area contributed by atoms with Gasteiger partial charge >= 0.3 is 0 Å². The number of ketones is 1. The van der Waals surface area contributed by atoms with Crippen molar-refractivity contribution < 1.29 is 14.3 Å². The first-order chi connectivity index (χ1) is 14.0. The standard InChI is InChI=1S/C21H27N5O3/c1-14(27)19-13-26(24-23-19)11-17-9-15-7-8-25(17)12-18(15)21(28)22-10-16-5-3-4-6-20(16)29-2/h3-6,13,15,17-18H,7-12H2,1-2H3,(H,22,28)/t15-,17+,18-/m0/s1. The van der Waals surface area contributed by atoms with Crippen molar-refractivity contribution in [2.45, 2.75) is 38.9 Å². The molecule has 4 heterocycles. The summed E-state index contributed by atoms with van der Waals surface area (Å²) in [5, 5.41) is 11.1. The topological polar surface area (TPSA) is 89.4 Å². The van der Waals surface area contributed by atoms with Crippen LogP contribution >= 0.6 is 0 Å². The molecule has 3 aliphatic heterocycles. The minimum atomic E-state index is -0.0755. The Morgan fingerprint density at radius 1 is 1.31 bits per heavy atom. The fraction of sp³-hybridized carbons (Fsp3) is 0.524. The van der Waals surface area contributed by atoms with Gasteiger partial charge in [0.2, 0.25) is 5.91 Å². The maximum atomic E-state index is 12.9. The molecule has 1 aromatic heterocycles. The number of benzene rings is 1. The second kappa shape index (κ2) is 8.32. The molecule has 3 saturated heterocycles. The number of piperidine rings is 3. The van der Waals surface area contributed by atoms with Gasteiger partial charge in [-0.25, -0.2) is 0 Å². The monoisotopic (exact) mass is 397 g/mol. The highest BCUT2D eigenvalue weighted by molar-refractivity contribution is 5.91. The number of para-hydroxylation sites is 1. The molecule has 0 saturated carbocycles. The molecule has 0 radical (unpaired) electrons. The molecule has 1 aromatic carbocycles. The summed E-state index contributed by atoms with van der Waals surface area (Å²) in [7, 11) is 1.64. The van der Waals surface area contributed by atoms with Crippen molar-refractivity contribution in [3.8, 4) is 5.75 Å². The van der Waals surface area contributed by atoms with E-state index in [1.807, 2.05) is 24.3 Å². The maximum Gasteiger partial charge on any atom is 0.224 e. The van der Waals surface area contributed by atoms with Gasteiger partial charge in [0, 0.05) is 31.6 Å². The fourth-order valence-corrected chi connectivity index (χ4v) is 4.55. The Hall–Kier alpha value is -2.74. The van der Waals surface area contributed by atoms with E-state index in [-0.39, 0.29) is 17.6 Å². The van der Waals surface area contributed by atoms with Crippen molar-refractivity contribution in [3.63, 3.8) is 0 Å². The van der Waals surface area contributed by atoms with Crippen LogP contribution in [0.2, 0.25) is 0 Å². The van der Waals surface area contributed by atoms with Gasteiger partial charge in [0.15, 0.2) is 5.78 Å². The zero-order chi connectivity index (χ0) is 20.4. The summed E-state index contributed by atoms with van der Waals surface area (Å²) in [6.07, 6.45) is 3.71. The Kier molecular flexibility index (Phi) is 5.62. The van der Waals surface area contributed by atoms with E-state index < -0.39 is 0 Å². The Labute approximate surface area is 170 Å². The summed E-state index contributed by atoms with van der Waals surface area (Å²) in [5.74, 6) is 1.22. The van der Waals surface area contributed by atoms with Crippen molar-refractivity contribution in [2.75, 3.05) is 20.2 Å². The number of carbonyl (C=O) groups is 2. The van der Waals surface area contributed by atoms with Crippen LogP contribution < -0.4 is 10.1 Å². The molecule has 8 nitrogen and oxygen atoms in total. The number of hydrogen-bond acceptors (Lipinski definition) is 6. The van der Waals surface area contributed by atoms with Gasteiger partial charge in [-0.05, 0) is 31.4 Å². The molecule has 5 rings (SSSR count). The number of rotatable bonds is 7. The average molecular weight is 397 g/mol. The first-order valence-electron chi connectivity index (χ1n) is 10.1. The van der Waals surface area contributed by atoms with Crippen molar-refractivity contribution in [3.05, 3.63) is 41.7 Å². The van der Waals surface area contributed by atoms with Crippen LogP contribution in [-0.4, -0.2) is 57.8 Å². The summed E-state index contributed by atoms with van der Waals surface area (Å²) < 4.78 is 7.11. The number of fused-ring (bicyclic) bond motifs is 3. The van der Waals surface area contributed by atoms with Gasteiger partial charge in [-0.3, -0.25) is 19.2 Å². The predicted octanol–water partition coefficient (Wildman–Crippen LogP) is 1.52. The molecule has 0 spiro atoms. The number of methoxy groups -OCH3 is 1. The molecular formula is C21H27N5O3. The van der Waals surface area contributed by atoms with Crippen molar-refractivity contribution >= 4 is 11.7 Å². The molecule has 4 atom stereocenters. The molecule has 1 N–H and O–H groups in total. The Balaban J connectivity index is 1.34. The molecular weight excluding hydrogens is 370 g/mol. The van der Waals surface area contributed by atoms with Gasteiger partial charge in [-0.15, -0.1) is 5.10 Å². The first-order valence-corrected chi connectivity index (χ1v) is 10.1. The quantitative estimate of drug-likeness (QED) is 0.713. The van der Waals surface area contributed by atoms with Crippen LogP contribution in [0.25, 0.3) is 0 Å². The van der Waals surface area contributed by atoms with E-state index in [0.717, 1.165) is 37.2 Å². The lowest BCUT2D eigenvalue weighted by Gasteiger charge is -2.49.